The van der Waals surface area contributed by atoms with E-state index < -0.39 is 0 Å². The van der Waals surface area contributed by atoms with E-state index in [-0.39, 0.29) is 0 Å². The third-order valence-corrected chi connectivity index (χ3v) is 10.4. The summed E-state index contributed by atoms with van der Waals surface area (Å²) in [6.45, 7) is 16.0. The van der Waals surface area contributed by atoms with Gasteiger partial charge in [0.2, 0.25) is 0 Å². The zero-order valence-corrected chi connectivity index (χ0v) is 18.0. The SMILES string of the molecule is C[C@@H]1[C@H]2C[C@@H](C[C@H]1B(/C=C/CCl)[C@@H]1C[C@@H]3C[C@H]([C@H]1C)C3(C)C)C2(C)C. The molecule has 0 nitrogen and oxygen atoms in total. The van der Waals surface area contributed by atoms with E-state index in [0.717, 1.165) is 53.9 Å². The first-order valence-electron chi connectivity index (χ1n) is 10.9. The molecule has 6 rings (SSSR count). The van der Waals surface area contributed by atoms with E-state index in [1.807, 2.05) is 0 Å². The second-order valence-corrected chi connectivity index (χ2v) is 11.7. The van der Waals surface area contributed by atoms with Crippen LogP contribution in [-0.4, -0.2) is 12.6 Å². The summed E-state index contributed by atoms with van der Waals surface area (Å²) < 4.78 is 0. The Morgan fingerprint density at radius 3 is 1.60 bits per heavy atom. The van der Waals surface area contributed by atoms with Crippen LogP contribution in [0.15, 0.2) is 12.1 Å². The van der Waals surface area contributed by atoms with Crippen molar-refractivity contribution in [1.29, 1.82) is 0 Å². The summed E-state index contributed by atoms with van der Waals surface area (Å²) in [5, 5.41) is 0. The molecular formula is C23H38BCl. The molecule has 6 saturated carbocycles. The van der Waals surface area contributed by atoms with Crippen LogP contribution < -0.4 is 0 Å². The van der Waals surface area contributed by atoms with Gasteiger partial charge in [0, 0.05) is 5.88 Å². The first-order valence-corrected chi connectivity index (χ1v) is 11.5. The third-order valence-electron chi connectivity index (χ3n) is 10.3. The lowest BCUT2D eigenvalue weighted by atomic mass is 9.21. The van der Waals surface area contributed by atoms with E-state index in [2.05, 4.69) is 53.6 Å². The Bertz CT molecular complexity index is 508. The average molecular weight is 361 g/mol. The highest BCUT2D eigenvalue weighted by molar-refractivity contribution is 6.67. The van der Waals surface area contributed by atoms with Crippen molar-refractivity contribution < 1.29 is 0 Å². The highest BCUT2D eigenvalue weighted by Gasteiger charge is 2.61. The standard InChI is InChI=1S/C23H38BCl/c1-14-18-10-16(22(18,3)4)12-20(14)24(8-7-9-25)21-13-17-11-19(15(21)2)23(17,5)6/h7-8,14-21H,9-13H2,1-6H3/b8-7+/t14-,15-,16+,17+,18-,19-,20-,21-/m1/s1. The van der Waals surface area contributed by atoms with Crippen molar-refractivity contribution in [1.82, 2.24) is 0 Å². The van der Waals surface area contributed by atoms with Crippen molar-refractivity contribution in [2.45, 2.75) is 78.9 Å². The topological polar surface area (TPSA) is 0 Å². The predicted octanol–water partition coefficient (Wildman–Crippen LogP) is 6.96. The Morgan fingerprint density at radius 1 is 0.840 bits per heavy atom. The fraction of sp³-hybridized carbons (Fsp3) is 0.913. The molecule has 0 spiro atoms. The van der Waals surface area contributed by atoms with Crippen molar-refractivity contribution in [2.75, 3.05) is 5.88 Å². The lowest BCUT2D eigenvalue weighted by Crippen LogP contribution is -2.59. The Hall–Kier alpha value is 0.0949. The summed E-state index contributed by atoms with van der Waals surface area (Å²) in [6.07, 6.45) is 8.18. The fourth-order valence-corrected chi connectivity index (χ4v) is 8.31. The Labute approximate surface area is 161 Å². The van der Waals surface area contributed by atoms with Crippen LogP contribution in [0.25, 0.3) is 0 Å². The summed E-state index contributed by atoms with van der Waals surface area (Å²) >= 11 is 6.07. The van der Waals surface area contributed by atoms with Crippen molar-refractivity contribution in [3.8, 4) is 0 Å². The first-order chi connectivity index (χ1) is 11.7. The smallest absolute Gasteiger partial charge is 0.122 e. The summed E-state index contributed by atoms with van der Waals surface area (Å²) in [7, 11) is 0. The van der Waals surface area contributed by atoms with Crippen molar-refractivity contribution in [3.05, 3.63) is 12.1 Å². The molecule has 0 radical (unpaired) electrons. The molecule has 0 unspecified atom stereocenters. The number of allylic oxidation sites excluding steroid dienone is 1. The molecule has 0 amide bonds. The Morgan fingerprint density at radius 2 is 1.28 bits per heavy atom. The van der Waals surface area contributed by atoms with Gasteiger partial charge in [-0.2, -0.15) is 0 Å². The molecule has 8 atom stereocenters. The normalized spacial score (nSPS) is 49.4. The maximum Gasteiger partial charge on any atom is 0.172 e. The minimum absolute atomic E-state index is 0.596. The molecule has 2 heteroatoms. The minimum atomic E-state index is 0.596. The van der Waals surface area contributed by atoms with Crippen molar-refractivity contribution >= 4 is 18.3 Å². The first kappa shape index (κ1) is 18.5. The van der Waals surface area contributed by atoms with Gasteiger partial charge in [0.25, 0.3) is 0 Å². The van der Waals surface area contributed by atoms with E-state index in [9.17, 15) is 0 Å². The molecule has 0 aliphatic heterocycles. The maximum atomic E-state index is 6.07. The molecular weight excluding hydrogens is 323 g/mol. The van der Waals surface area contributed by atoms with Gasteiger partial charge in [0.1, 0.15) is 0 Å². The van der Waals surface area contributed by atoms with Crippen molar-refractivity contribution in [3.63, 3.8) is 0 Å². The second kappa shape index (κ2) is 6.05. The molecule has 25 heavy (non-hydrogen) atoms. The van der Waals surface area contributed by atoms with Crippen LogP contribution >= 0.6 is 11.6 Å². The van der Waals surface area contributed by atoms with Gasteiger partial charge >= 0.3 is 0 Å². The molecule has 0 aromatic rings. The highest BCUT2D eigenvalue weighted by atomic mass is 35.5. The highest BCUT2D eigenvalue weighted by Crippen LogP contribution is 2.69. The Balaban J connectivity index is 1.57. The number of hydrogen-bond donors (Lipinski definition) is 0. The molecule has 0 N–H and O–H groups in total. The predicted molar refractivity (Wildman–Crippen MR) is 111 cm³/mol. The van der Waals surface area contributed by atoms with Gasteiger partial charge in [-0.1, -0.05) is 72.1 Å². The summed E-state index contributed by atoms with van der Waals surface area (Å²) in [4.78, 5) is 0. The molecule has 6 aliphatic rings. The number of fused-ring (bicyclic) bond motifs is 4. The van der Waals surface area contributed by atoms with Gasteiger partial charge in [-0.05, 0) is 59.2 Å². The average Bonchev–Trinajstić information content (AvgIpc) is 2.56. The Kier molecular flexibility index (Phi) is 4.47. The van der Waals surface area contributed by atoms with E-state index >= 15 is 0 Å². The lowest BCUT2D eigenvalue weighted by Gasteiger charge is -2.66. The molecule has 140 valence electrons. The van der Waals surface area contributed by atoms with E-state index in [1.165, 1.54) is 25.7 Å². The second-order valence-electron chi connectivity index (χ2n) is 11.4. The van der Waals surface area contributed by atoms with Crippen LogP contribution in [0.2, 0.25) is 11.6 Å². The summed E-state index contributed by atoms with van der Waals surface area (Å²) in [6, 6.07) is 0. The fourth-order valence-electron chi connectivity index (χ4n) is 8.21. The van der Waals surface area contributed by atoms with Gasteiger partial charge < -0.3 is 0 Å². The largest absolute Gasteiger partial charge is 0.172 e. The molecule has 0 heterocycles. The van der Waals surface area contributed by atoms with Crippen LogP contribution in [0.5, 0.6) is 0 Å². The van der Waals surface area contributed by atoms with Crippen molar-refractivity contribution in [2.24, 2.45) is 46.3 Å². The summed E-state index contributed by atoms with van der Waals surface area (Å²) in [5.41, 5.74) is 1.19. The monoisotopic (exact) mass is 360 g/mol. The molecule has 0 saturated heterocycles. The number of halogens is 1. The minimum Gasteiger partial charge on any atom is -0.122 e. The third kappa shape index (κ3) is 2.54. The zero-order valence-electron chi connectivity index (χ0n) is 17.3. The molecule has 0 aromatic carbocycles. The molecule has 6 fully saturated rings. The van der Waals surface area contributed by atoms with Crippen LogP contribution in [0.3, 0.4) is 0 Å². The number of hydrogen-bond acceptors (Lipinski definition) is 0. The van der Waals surface area contributed by atoms with E-state index in [1.54, 1.807) is 0 Å². The van der Waals surface area contributed by atoms with Gasteiger partial charge in [0.15, 0.2) is 6.71 Å². The molecule has 6 aliphatic carbocycles. The van der Waals surface area contributed by atoms with Crippen LogP contribution in [0.1, 0.15) is 67.2 Å². The van der Waals surface area contributed by atoms with E-state index in [0.29, 0.717) is 16.7 Å². The van der Waals surface area contributed by atoms with Crippen LogP contribution in [-0.2, 0) is 0 Å². The van der Waals surface area contributed by atoms with Gasteiger partial charge in [0.05, 0.1) is 0 Å². The molecule has 0 aromatic heterocycles. The van der Waals surface area contributed by atoms with Gasteiger partial charge in [-0.25, -0.2) is 0 Å². The number of alkyl halides is 1. The zero-order chi connectivity index (χ0) is 18.1. The van der Waals surface area contributed by atoms with Gasteiger partial charge in [-0.3, -0.25) is 0 Å². The van der Waals surface area contributed by atoms with Crippen LogP contribution in [0.4, 0.5) is 0 Å². The summed E-state index contributed by atoms with van der Waals surface area (Å²) in [5.74, 6) is 10.6. The lowest BCUT2D eigenvalue weighted by molar-refractivity contribution is -0.107. The quantitative estimate of drug-likeness (QED) is 0.375. The number of rotatable bonds is 4. The molecule has 4 bridgehead atoms. The maximum absolute atomic E-state index is 6.07. The van der Waals surface area contributed by atoms with Gasteiger partial charge in [-0.15, -0.1) is 17.6 Å². The van der Waals surface area contributed by atoms with Crippen LogP contribution in [0, 0.1) is 46.3 Å². The van der Waals surface area contributed by atoms with E-state index in [4.69, 9.17) is 11.6 Å².